The molecule has 0 radical (unpaired) electrons. The van der Waals surface area contributed by atoms with Crippen LogP contribution in [0.4, 0.5) is 11.4 Å². The van der Waals surface area contributed by atoms with Gasteiger partial charge in [0.15, 0.2) is 0 Å². The summed E-state index contributed by atoms with van der Waals surface area (Å²) in [5, 5.41) is 10.4. The number of nitrogen functional groups attached to an aromatic ring is 1. The number of hydrogen-bond acceptors (Lipinski definition) is 11. The maximum atomic E-state index is 12.8. The van der Waals surface area contributed by atoms with E-state index in [9.17, 15) is 4.79 Å². The SMILES string of the molecule is CCOC(=O)CC(c1ccc(C)c(CN2CC(C)Oc3cc(OCCCCO)ccc3S2)c1)c1cc(N)c(N(C)N)c(OC)c1. The van der Waals surface area contributed by atoms with Crippen LogP contribution in [0.25, 0.3) is 0 Å². The number of unbranched alkanes of at least 4 members (excludes halogenated alkanes) is 1. The lowest BCUT2D eigenvalue weighted by Gasteiger charge is -2.25. The molecule has 3 aromatic rings. The molecular formula is C34H46N4O6S. The number of fused-ring (bicyclic) bond motifs is 1. The first-order valence-corrected chi connectivity index (χ1v) is 16.1. The molecule has 0 saturated carbocycles. The van der Waals surface area contributed by atoms with Gasteiger partial charge in [-0.1, -0.05) is 18.2 Å². The van der Waals surface area contributed by atoms with E-state index in [-0.39, 0.29) is 31.0 Å². The maximum absolute atomic E-state index is 12.8. The number of benzene rings is 3. The Labute approximate surface area is 270 Å². The van der Waals surface area contributed by atoms with E-state index in [2.05, 4.69) is 36.4 Å². The van der Waals surface area contributed by atoms with Crippen LogP contribution in [-0.2, 0) is 16.1 Å². The standard InChI is InChI=1S/C34H46N4O6S/c1-6-42-33(40)19-28(25-16-29(35)34(37(4)36)31(17-25)41-5)24-10-9-22(2)26(15-24)21-38-20-23(3)44-30-18-27(11-12-32(30)45-38)43-14-8-7-13-39/h9-12,15-18,23,28,39H,6-8,13-14,19-21,35-36H2,1-5H3. The number of anilines is 2. The summed E-state index contributed by atoms with van der Waals surface area (Å²) in [4.78, 5) is 13.8. The van der Waals surface area contributed by atoms with Crippen molar-refractivity contribution in [2.75, 3.05) is 51.3 Å². The highest BCUT2D eigenvalue weighted by Gasteiger charge is 2.26. The topological polar surface area (TPSA) is 133 Å². The van der Waals surface area contributed by atoms with Crippen molar-refractivity contribution < 1.29 is 28.8 Å². The minimum Gasteiger partial charge on any atom is -0.494 e. The molecule has 10 nitrogen and oxygen atoms in total. The van der Waals surface area contributed by atoms with Gasteiger partial charge < -0.3 is 34.8 Å². The van der Waals surface area contributed by atoms with Crippen LogP contribution in [-0.4, -0.2) is 62.0 Å². The van der Waals surface area contributed by atoms with E-state index < -0.39 is 0 Å². The second-order valence-corrected chi connectivity index (χ2v) is 12.4. The Kier molecular flexibility index (Phi) is 12.2. The number of rotatable bonds is 14. The van der Waals surface area contributed by atoms with Gasteiger partial charge in [-0.25, -0.2) is 10.1 Å². The highest BCUT2D eigenvalue weighted by Crippen LogP contribution is 2.41. The summed E-state index contributed by atoms with van der Waals surface area (Å²) in [5.41, 5.74) is 11.6. The number of carbonyl (C=O) groups is 1. The largest absolute Gasteiger partial charge is 0.494 e. The Bertz CT molecular complexity index is 1450. The molecule has 5 N–H and O–H groups in total. The lowest BCUT2D eigenvalue weighted by atomic mass is 9.86. The molecule has 2 atom stereocenters. The number of esters is 1. The first kappa shape index (κ1) is 34.2. The Balaban J connectivity index is 1.62. The summed E-state index contributed by atoms with van der Waals surface area (Å²) < 4.78 is 25.5. The number of carbonyl (C=O) groups excluding carboxylic acids is 1. The Morgan fingerprint density at radius 2 is 1.98 bits per heavy atom. The molecule has 1 aliphatic rings. The van der Waals surface area contributed by atoms with Gasteiger partial charge in [0, 0.05) is 38.7 Å². The predicted octanol–water partition coefficient (Wildman–Crippen LogP) is 5.42. The summed E-state index contributed by atoms with van der Waals surface area (Å²) >= 11 is 1.66. The van der Waals surface area contributed by atoms with E-state index in [4.69, 9.17) is 35.6 Å². The van der Waals surface area contributed by atoms with Crippen LogP contribution in [0.2, 0.25) is 0 Å². The van der Waals surface area contributed by atoms with Gasteiger partial charge in [-0.15, -0.1) is 0 Å². The van der Waals surface area contributed by atoms with Crippen LogP contribution >= 0.6 is 11.9 Å². The minimum atomic E-state index is -0.313. The van der Waals surface area contributed by atoms with E-state index in [0.717, 1.165) is 45.1 Å². The number of hydrogen-bond donors (Lipinski definition) is 3. The average Bonchev–Trinajstić information content (AvgIpc) is 3.15. The number of hydrazine groups is 1. The molecule has 0 aromatic heterocycles. The van der Waals surface area contributed by atoms with Crippen LogP contribution < -0.4 is 30.8 Å². The van der Waals surface area contributed by atoms with Crippen LogP contribution in [0.3, 0.4) is 0 Å². The Hall–Kier alpha value is -3.64. The summed E-state index contributed by atoms with van der Waals surface area (Å²) in [6, 6.07) is 16.0. The van der Waals surface area contributed by atoms with E-state index in [1.807, 2.05) is 30.3 Å². The van der Waals surface area contributed by atoms with E-state index in [0.29, 0.717) is 49.8 Å². The second-order valence-electron chi connectivity index (χ2n) is 11.2. The number of aliphatic hydroxyl groups is 1. The summed E-state index contributed by atoms with van der Waals surface area (Å²) in [6.45, 7) is 8.37. The quantitative estimate of drug-likeness (QED) is 0.0522. The molecule has 244 valence electrons. The lowest BCUT2D eigenvalue weighted by Crippen LogP contribution is -2.27. The van der Waals surface area contributed by atoms with Crippen molar-refractivity contribution in [3.8, 4) is 17.2 Å². The molecule has 1 aliphatic heterocycles. The van der Waals surface area contributed by atoms with Gasteiger partial charge >= 0.3 is 5.97 Å². The van der Waals surface area contributed by atoms with Gasteiger partial charge in [0.25, 0.3) is 0 Å². The van der Waals surface area contributed by atoms with E-state index in [1.54, 1.807) is 33.0 Å². The fourth-order valence-corrected chi connectivity index (χ4v) is 6.52. The zero-order chi connectivity index (χ0) is 32.5. The normalized spacial score (nSPS) is 15.4. The molecule has 0 saturated heterocycles. The van der Waals surface area contributed by atoms with Gasteiger partial charge in [-0.3, -0.25) is 4.79 Å². The molecule has 3 aromatic carbocycles. The number of nitrogens with zero attached hydrogens (tertiary/aromatic N) is 2. The average molecular weight is 639 g/mol. The first-order valence-electron chi connectivity index (χ1n) is 15.3. The van der Waals surface area contributed by atoms with Crippen molar-refractivity contribution in [3.63, 3.8) is 0 Å². The van der Waals surface area contributed by atoms with Gasteiger partial charge in [-0.05, 0) is 92.1 Å². The number of nitrogens with two attached hydrogens (primary N) is 2. The molecule has 0 aliphatic carbocycles. The molecule has 4 rings (SSSR count). The summed E-state index contributed by atoms with van der Waals surface area (Å²) in [6.07, 6.45) is 1.62. The number of ether oxygens (including phenoxy) is 4. The van der Waals surface area contributed by atoms with Crippen LogP contribution in [0.5, 0.6) is 17.2 Å². The zero-order valence-corrected chi connectivity index (χ0v) is 27.7. The number of aliphatic hydroxyl groups excluding tert-OH is 1. The zero-order valence-electron chi connectivity index (χ0n) is 26.9. The van der Waals surface area contributed by atoms with E-state index >= 15 is 0 Å². The molecule has 11 heteroatoms. The molecular weight excluding hydrogens is 592 g/mol. The van der Waals surface area contributed by atoms with Crippen molar-refractivity contribution in [1.29, 1.82) is 0 Å². The fourth-order valence-electron chi connectivity index (χ4n) is 5.43. The third-order valence-corrected chi connectivity index (χ3v) is 8.72. The fraction of sp³-hybridized carbons (Fsp3) is 0.441. The van der Waals surface area contributed by atoms with Crippen molar-refractivity contribution in [2.45, 2.75) is 63.5 Å². The molecule has 0 bridgehead atoms. The van der Waals surface area contributed by atoms with E-state index in [1.165, 1.54) is 5.01 Å². The molecule has 0 amide bonds. The van der Waals surface area contributed by atoms with Crippen molar-refractivity contribution in [2.24, 2.45) is 5.84 Å². The molecule has 45 heavy (non-hydrogen) atoms. The third-order valence-electron chi connectivity index (χ3n) is 7.65. The number of aryl methyl sites for hydroxylation is 1. The molecule has 0 fully saturated rings. The first-order chi connectivity index (χ1) is 21.6. The third kappa shape index (κ3) is 8.97. The summed E-state index contributed by atoms with van der Waals surface area (Å²) in [5.74, 6) is 7.52. The Morgan fingerprint density at radius 3 is 2.69 bits per heavy atom. The number of methoxy groups -OCH3 is 1. The van der Waals surface area contributed by atoms with Crippen LogP contribution in [0.15, 0.2) is 53.4 Å². The molecule has 2 unspecified atom stereocenters. The molecule has 1 heterocycles. The van der Waals surface area contributed by atoms with Gasteiger partial charge in [-0.2, -0.15) is 0 Å². The van der Waals surface area contributed by atoms with Crippen molar-refractivity contribution in [3.05, 3.63) is 70.8 Å². The second kappa shape index (κ2) is 16.1. The monoisotopic (exact) mass is 638 g/mol. The lowest BCUT2D eigenvalue weighted by molar-refractivity contribution is -0.143. The molecule has 0 spiro atoms. The summed E-state index contributed by atoms with van der Waals surface area (Å²) in [7, 11) is 3.28. The van der Waals surface area contributed by atoms with Gasteiger partial charge in [0.1, 0.15) is 29.0 Å². The highest BCUT2D eigenvalue weighted by molar-refractivity contribution is 7.97. The van der Waals surface area contributed by atoms with Crippen molar-refractivity contribution in [1.82, 2.24) is 4.31 Å². The smallest absolute Gasteiger partial charge is 0.306 e. The van der Waals surface area contributed by atoms with Crippen LogP contribution in [0.1, 0.15) is 61.3 Å². The van der Waals surface area contributed by atoms with Gasteiger partial charge in [0.2, 0.25) is 0 Å². The highest BCUT2D eigenvalue weighted by atomic mass is 32.2. The van der Waals surface area contributed by atoms with Gasteiger partial charge in [0.05, 0.1) is 37.3 Å². The van der Waals surface area contributed by atoms with Crippen LogP contribution in [0, 0.1) is 6.92 Å². The minimum absolute atomic E-state index is 0.0435. The Morgan fingerprint density at radius 1 is 1.18 bits per heavy atom. The maximum Gasteiger partial charge on any atom is 0.306 e. The van der Waals surface area contributed by atoms with Crippen molar-refractivity contribution >= 4 is 29.3 Å². The predicted molar refractivity (Wildman–Crippen MR) is 179 cm³/mol.